The molecule has 0 radical (unpaired) electrons. The molecule has 0 bridgehead atoms. The van der Waals surface area contributed by atoms with Crippen molar-refractivity contribution < 1.29 is 9.53 Å². The van der Waals surface area contributed by atoms with Crippen LogP contribution >= 0.6 is 0 Å². The predicted molar refractivity (Wildman–Crippen MR) is 35.5 cm³/mol. The van der Waals surface area contributed by atoms with Crippen LogP contribution in [0.3, 0.4) is 0 Å². The van der Waals surface area contributed by atoms with E-state index in [-0.39, 0.29) is 12.0 Å². The van der Waals surface area contributed by atoms with Gasteiger partial charge in [-0.05, 0) is 18.8 Å². The number of fused-ring (bicyclic) bond motifs is 1. The molecule has 1 aliphatic heterocycles. The molecule has 56 valence electrons. The first-order chi connectivity index (χ1) is 4.81. The third kappa shape index (κ3) is 0.814. The highest BCUT2D eigenvalue weighted by molar-refractivity contribution is 5.76. The first kappa shape index (κ1) is 6.16. The molecule has 0 aromatic heterocycles. The Morgan fingerprint density at radius 1 is 1.60 bits per heavy atom. The van der Waals surface area contributed by atoms with Gasteiger partial charge in [0.1, 0.15) is 6.04 Å². The van der Waals surface area contributed by atoms with Crippen LogP contribution in [0.4, 0.5) is 0 Å². The van der Waals surface area contributed by atoms with Gasteiger partial charge < -0.3 is 10.1 Å². The lowest BCUT2D eigenvalue weighted by Crippen LogP contribution is -2.34. The fourth-order valence-electron chi connectivity index (χ4n) is 1.65. The predicted octanol–water partition coefficient (Wildman–Crippen LogP) is -0.0902. The Labute approximate surface area is 59.7 Å². The summed E-state index contributed by atoms with van der Waals surface area (Å²) in [6.07, 6.45) is 2.24. The molecule has 1 saturated heterocycles. The zero-order valence-electron chi connectivity index (χ0n) is 5.96. The summed E-state index contributed by atoms with van der Waals surface area (Å²) in [7, 11) is 1.44. The molecule has 2 rings (SSSR count). The maximum absolute atomic E-state index is 10.9. The molecule has 3 atom stereocenters. The second-order valence-electron chi connectivity index (χ2n) is 3.08. The van der Waals surface area contributed by atoms with Gasteiger partial charge in [-0.3, -0.25) is 4.79 Å². The van der Waals surface area contributed by atoms with E-state index in [2.05, 4.69) is 10.1 Å². The van der Waals surface area contributed by atoms with Gasteiger partial charge in [0, 0.05) is 6.04 Å². The average Bonchev–Trinajstić information content (AvgIpc) is 2.57. The van der Waals surface area contributed by atoms with Crippen molar-refractivity contribution in [2.45, 2.75) is 24.9 Å². The zero-order chi connectivity index (χ0) is 7.14. The topological polar surface area (TPSA) is 38.3 Å². The number of carbonyl (C=O) groups excluding carboxylic acids is 1. The molecule has 1 N–H and O–H groups in total. The molecule has 0 aromatic rings. The van der Waals surface area contributed by atoms with E-state index in [0.717, 1.165) is 12.3 Å². The van der Waals surface area contributed by atoms with Gasteiger partial charge in [0.15, 0.2) is 0 Å². The van der Waals surface area contributed by atoms with Crippen molar-refractivity contribution in [2.75, 3.05) is 7.11 Å². The van der Waals surface area contributed by atoms with Gasteiger partial charge in [0.05, 0.1) is 7.11 Å². The summed E-state index contributed by atoms with van der Waals surface area (Å²) >= 11 is 0. The van der Waals surface area contributed by atoms with E-state index in [1.54, 1.807) is 0 Å². The average molecular weight is 141 g/mol. The molecule has 3 unspecified atom stereocenters. The van der Waals surface area contributed by atoms with Gasteiger partial charge in [-0.2, -0.15) is 0 Å². The molecule has 2 aliphatic rings. The summed E-state index contributed by atoms with van der Waals surface area (Å²) in [5, 5.41) is 3.20. The Balaban J connectivity index is 1.90. The fourth-order valence-corrected chi connectivity index (χ4v) is 1.65. The van der Waals surface area contributed by atoms with E-state index in [1.807, 2.05) is 0 Å². The second kappa shape index (κ2) is 1.95. The van der Waals surface area contributed by atoms with Gasteiger partial charge in [0.25, 0.3) is 0 Å². The quantitative estimate of drug-likeness (QED) is 0.519. The van der Waals surface area contributed by atoms with Crippen LogP contribution in [0.5, 0.6) is 0 Å². The van der Waals surface area contributed by atoms with Gasteiger partial charge in [0.2, 0.25) is 0 Å². The summed E-state index contributed by atoms with van der Waals surface area (Å²) in [6.45, 7) is 0. The standard InChI is InChI=1S/C7H11NO2/c1-10-7(9)6-3-4-2-5(4)8-6/h4-6,8H,2-3H2,1H3. The van der Waals surface area contributed by atoms with Crippen LogP contribution in [0.15, 0.2) is 0 Å². The molecule has 3 nitrogen and oxygen atoms in total. The maximum atomic E-state index is 10.9. The minimum atomic E-state index is -0.104. The van der Waals surface area contributed by atoms with E-state index in [4.69, 9.17) is 0 Å². The molecule has 0 amide bonds. The highest BCUT2D eigenvalue weighted by Gasteiger charge is 2.48. The van der Waals surface area contributed by atoms with Crippen LogP contribution in [-0.4, -0.2) is 25.2 Å². The monoisotopic (exact) mass is 141 g/mol. The van der Waals surface area contributed by atoms with E-state index in [1.165, 1.54) is 13.5 Å². The number of ether oxygens (including phenoxy) is 1. The number of carbonyl (C=O) groups is 1. The summed E-state index contributed by atoms with van der Waals surface area (Å²) in [5.41, 5.74) is 0. The molecule has 1 saturated carbocycles. The fraction of sp³-hybridized carbons (Fsp3) is 0.857. The summed E-state index contributed by atoms with van der Waals surface area (Å²) in [6, 6.07) is 0.623. The molecule has 3 heteroatoms. The van der Waals surface area contributed by atoms with Crippen LogP contribution in [-0.2, 0) is 9.53 Å². The van der Waals surface area contributed by atoms with Crippen molar-refractivity contribution >= 4 is 5.97 Å². The van der Waals surface area contributed by atoms with Crippen LogP contribution in [0.1, 0.15) is 12.8 Å². The third-order valence-corrected chi connectivity index (χ3v) is 2.36. The van der Waals surface area contributed by atoms with E-state index >= 15 is 0 Å². The number of hydrogen-bond donors (Lipinski definition) is 1. The van der Waals surface area contributed by atoms with Crippen LogP contribution < -0.4 is 5.32 Å². The number of nitrogens with one attached hydrogen (secondary N) is 1. The Morgan fingerprint density at radius 2 is 2.40 bits per heavy atom. The Morgan fingerprint density at radius 3 is 2.90 bits per heavy atom. The second-order valence-corrected chi connectivity index (χ2v) is 3.08. The number of methoxy groups -OCH3 is 1. The van der Waals surface area contributed by atoms with Crippen molar-refractivity contribution in [3.63, 3.8) is 0 Å². The third-order valence-electron chi connectivity index (χ3n) is 2.36. The Kier molecular flexibility index (Phi) is 1.20. The molecule has 1 aliphatic carbocycles. The van der Waals surface area contributed by atoms with Crippen molar-refractivity contribution in [2.24, 2.45) is 5.92 Å². The van der Waals surface area contributed by atoms with Crippen LogP contribution in [0.25, 0.3) is 0 Å². The maximum Gasteiger partial charge on any atom is 0.322 e. The highest BCUT2D eigenvalue weighted by atomic mass is 16.5. The number of esters is 1. The molecular formula is C7H11NO2. The van der Waals surface area contributed by atoms with Crippen LogP contribution in [0.2, 0.25) is 0 Å². The largest absolute Gasteiger partial charge is 0.468 e. The number of hydrogen-bond acceptors (Lipinski definition) is 3. The van der Waals surface area contributed by atoms with Gasteiger partial charge in [-0.25, -0.2) is 0 Å². The number of rotatable bonds is 1. The van der Waals surface area contributed by atoms with E-state index in [9.17, 15) is 4.79 Å². The smallest absolute Gasteiger partial charge is 0.322 e. The minimum Gasteiger partial charge on any atom is -0.468 e. The van der Waals surface area contributed by atoms with Crippen molar-refractivity contribution in [1.82, 2.24) is 5.32 Å². The summed E-state index contributed by atoms with van der Waals surface area (Å²) < 4.78 is 4.60. The van der Waals surface area contributed by atoms with Gasteiger partial charge >= 0.3 is 5.97 Å². The van der Waals surface area contributed by atoms with Crippen molar-refractivity contribution in [3.8, 4) is 0 Å². The minimum absolute atomic E-state index is 0.00579. The lowest BCUT2D eigenvalue weighted by molar-refractivity contribution is -0.142. The van der Waals surface area contributed by atoms with Crippen LogP contribution in [0, 0.1) is 5.92 Å². The Bertz CT molecular complexity index is 159. The molecule has 10 heavy (non-hydrogen) atoms. The Hall–Kier alpha value is -0.570. The molecule has 0 aromatic carbocycles. The van der Waals surface area contributed by atoms with Gasteiger partial charge in [-0.15, -0.1) is 0 Å². The van der Waals surface area contributed by atoms with E-state index in [0.29, 0.717) is 6.04 Å². The van der Waals surface area contributed by atoms with Crippen molar-refractivity contribution in [3.05, 3.63) is 0 Å². The number of piperidine rings is 1. The molecular weight excluding hydrogens is 130 g/mol. The highest BCUT2D eigenvalue weighted by Crippen LogP contribution is 2.40. The summed E-state index contributed by atoms with van der Waals surface area (Å²) in [4.78, 5) is 10.9. The van der Waals surface area contributed by atoms with Crippen molar-refractivity contribution in [1.29, 1.82) is 0 Å². The molecule has 0 spiro atoms. The lowest BCUT2D eigenvalue weighted by atomic mass is 10.2. The molecule has 2 fully saturated rings. The normalized spacial score (nSPS) is 42.7. The SMILES string of the molecule is COC(=O)C1CC2CC2N1. The summed E-state index contributed by atoms with van der Waals surface area (Å²) in [5.74, 6) is 0.663. The van der Waals surface area contributed by atoms with Gasteiger partial charge in [-0.1, -0.05) is 0 Å². The first-order valence-corrected chi connectivity index (χ1v) is 3.65. The first-order valence-electron chi connectivity index (χ1n) is 3.65. The lowest BCUT2D eigenvalue weighted by Gasteiger charge is -2.08. The molecule has 1 heterocycles. The zero-order valence-corrected chi connectivity index (χ0v) is 5.96. The van der Waals surface area contributed by atoms with E-state index < -0.39 is 0 Å².